The number of carbonyl (C=O) groups is 4. The van der Waals surface area contributed by atoms with Crippen LogP contribution in [0.1, 0.15) is 80.2 Å². The molecule has 0 aliphatic carbocycles. The number of alkyl halides is 1. The molecule has 2 N–H and O–H groups in total. The molecule has 0 unspecified atom stereocenters. The molecule has 56 heavy (non-hydrogen) atoms. The number of ether oxygens (including phenoxy) is 5. The number of aliphatic hydroxyl groups is 1. The van der Waals surface area contributed by atoms with Crippen LogP contribution < -0.4 is 5.32 Å². The van der Waals surface area contributed by atoms with Gasteiger partial charge in [0.25, 0.3) is 5.67 Å². The number of benzene rings is 1. The standard InChI is InChI=1S/C42H58FN3O10/c1-11-31-42(8)34(45-39(51)56-42)25(4)32(47)23(2)22-40(6,52-19-13-14-27-16-17-29-28(21-27)15-12-18-44-29)36(26(5)35(49)41(7,43)38(50)54-31)55-37-33(48)30(46(9)10)20-24(3)53-37/h12-18,21,23-26,30-31,33-34,36-37,48H,11,19-20,22H2,1-10H3,(H,45,51)/b14-13+/t23-,24-,25+,26+,30+,31-,33-,34+,36-,37+,40-,41+,42-/m1/s1. The number of pyridine rings is 1. The van der Waals surface area contributed by atoms with Gasteiger partial charge in [0.15, 0.2) is 17.7 Å². The molecule has 1 aromatic heterocycles. The fourth-order valence-electron chi connectivity index (χ4n) is 8.75. The number of fused-ring (bicyclic) bond motifs is 2. The number of esters is 1. The topological polar surface area (TPSA) is 163 Å². The largest absolute Gasteiger partial charge is 0.455 e. The fourth-order valence-corrected chi connectivity index (χ4v) is 8.75. The first kappa shape index (κ1) is 43.3. The molecule has 2 aromatic rings. The van der Waals surface area contributed by atoms with Crippen LogP contribution in [0.15, 0.2) is 42.6 Å². The number of halogens is 1. The number of ketones is 2. The number of nitrogens with zero attached hydrogens (tertiary/aromatic N) is 2. The number of aromatic nitrogens is 1. The average molecular weight is 784 g/mol. The van der Waals surface area contributed by atoms with Crippen LogP contribution in [-0.2, 0) is 38.1 Å². The maximum absolute atomic E-state index is 16.9. The summed E-state index contributed by atoms with van der Waals surface area (Å²) in [6.07, 6.45) is -0.294. The molecule has 0 bridgehead atoms. The van der Waals surface area contributed by atoms with E-state index in [1.54, 1.807) is 40.0 Å². The number of Topliss-reactive ketones (excluding diaryl/α,β-unsaturated/α-hetero) is 2. The number of amides is 1. The lowest BCUT2D eigenvalue weighted by Gasteiger charge is -2.47. The number of likely N-dealkylation sites (N-methyl/N-ethyl adjacent to an activating group) is 1. The summed E-state index contributed by atoms with van der Waals surface area (Å²) < 4.78 is 47.6. The Kier molecular flexibility index (Phi) is 13.1. The molecule has 3 fully saturated rings. The summed E-state index contributed by atoms with van der Waals surface area (Å²) in [6.45, 7) is 12.3. The summed E-state index contributed by atoms with van der Waals surface area (Å²) >= 11 is 0. The molecule has 5 rings (SSSR count). The third-order valence-electron chi connectivity index (χ3n) is 11.9. The van der Waals surface area contributed by atoms with Crippen LogP contribution in [-0.4, -0.2) is 119 Å². The van der Waals surface area contributed by atoms with Crippen molar-refractivity contribution in [3.63, 3.8) is 0 Å². The lowest BCUT2D eigenvalue weighted by molar-refractivity contribution is -0.297. The molecule has 3 aliphatic rings. The molecule has 13 nitrogen and oxygen atoms in total. The zero-order valence-electron chi connectivity index (χ0n) is 34.1. The van der Waals surface area contributed by atoms with Crippen LogP contribution in [0.3, 0.4) is 0 Å². The first-order valence-corrected chi connectivity index (χ1v) is 19.5. The van der Waals surface area contributed by atoms with Gasteiger partial charge < -0.3 is 39.0 Å². The highest BCUT2D eigenvalue weighted by Gasteiger charge is 2.59. The highest BCUT2D eigenvalue weighted by Crippen LogP contribution is 2.41. The van der Waals surface area contributed by atoms with Crippen LogP contribution in [0.2, 0.25) is 0 Å². The van der Waals surface area contributed by atoms with Gasteiger partial charge in [-0.15, -0.1) is 0 Å². The molecule has 308 valence electrons. The van der Waals surface area contributed by atoms with E-state index in [0.29, 0.717) is 6.42 Å². The lowest BCUT2D eigenvalue weighted by Crippen LogP contribution is -2.61. The smallest absolute Gasteiger partial charge is 0.408 e. The van der Waals surface area contributed by atoms with Gasteiger partial charge in [0.05, 0.1) is 36.0 Å². The predicted molar refractivity (Wildman–Crippen MR) is 206 cm³/mol. The number of nitrogens with one attached hydrogen (secondary N) is 1. The molecular formula is C42H58FN3O10. The third kappa shape index (κ3) is 8.69. The SMILES string of the molecule is CC[C@H]1OC(=O)[C@@](C)(F)C(=O)[C@H](C)[C@@H](O[C@@H]2O[C@H](C)C[C@H](N(C)C)[C@H]2O)[C@](C)(OC/C=C/c2ccc3ncccc3c2)C[C@@H](C)C(=O)[C@H](C)[C@@H]2NC(=O)O[C@]12C. The Morgan fingerprint density at radius 1 is 1.07 bits per heavy atom. The second-order valence-corrected chi connectivity index (χ2v) is 16.6. The van der Waals surface area contributed by atoms with Gasteiger partial charge in [-0.3, -0.25) is 14.6 Å². The van der Waals surface area contributed by atoms with E-state index < -0.39 is 83.1 Å². The predicted octanol–water partition coefficient (Wildman–Crippen LogP) is 5.20. The van der Waals surface area contributed by atoms with Crippen molar-refractivity contribution in [3.8, 4) is 0 Å². The fraction of sp³-hybridized carbons (Fsp3) is 0.643. The van der Waals surface area contributed by atoms with Gasteiger partial charge in [0.2, 0.25) is 0 Å². The number of aliphatic hydroxyl groups excluding tert-OH is 1. The summed E-state index contributed by atoms with van der Waals surface area (Å²) in [6, 6.07) is 8.27. The minimum Gasteiger partial charge on any atom is -0.455 e. The minimum absolute atomic E-state index is 0.0265. The van der Waals surface area contributed by atoms with Crippen molar-refractivity contribution in [1.82, 2.24) is 15.2 Å². The zero-order valence-corrected chi connectivity index (χ0v) is 34.1. The molecule has 0 saturated carbocycles. The Balaban J connectivity index is 1.58. The van der Waals surface area contributed by atoms with E-state index in [9.17, 15) is 24.3 Å². The van der Waals surface area contributed by atoms with E-state index in [4.69, 9.17) is 23.7 Å². The van der Waals surface area contributed by atoms with Crippen LogP contribution in [0.5, 0.6) is 0 Å². The van der Waals surface area contributed by atoms with E-state index in [-0.39, 0.29) is 37.4 Å². The van der Waals surface area contributed by atoms with Crippen molar-refractivity contribution in [2.75, 3.05) is 20.7 Å². The summed E-state index contributed by atoms with van der Waals surface area (Å²) in [7, 11) is 3.65. The van der Waals surface area contributed by atoms with Crippen molar-refractivity contribution in [2.45, 2.75) is 134 Å². The normalized spacial score (nSPS) is 38.9. The number of cyclic esters (lactones) is 1. The summed E-state index contributed by atoms with van der Waals surface area (Å²) in [5.74, 6) is -5.92. The van der Waals surface area contributed by atoms with Crippen LogP contribution >= 0.6 is 0 Å². The van der Waals surface area contributed by atoms with Gasteiger partial charge in [-0.25, -0.2) is 14.0 Å². The summed E-state index contributed by atoms with van der Waals surface area (Å²) in [5.41, 5.74) is -4.56. The van der Waals surface area contributed by atoms with Crippen LogP contribution in [0, 0.1) is 17.8 Å². The summed E-state index contributed by atoms with van der Waals surface area (Å²) in [4.78, 5) is 61.5. The maximum Gasteiger partial charge on any atom is 0.408 e. The molecule has 3 saturated heterocycles. The van der Waals surface area contributed by atoms with Crippen molar-refractivity contribution in [1.29, 1.82) is 0 Å². The molecule has 14 heteroatoms. The number of hydrogen-bond acceptors (Lipinski definition) is 12. The molecule has 1 aromatic carbocycles. The van der Waals surface area contributed by atoms with Gasteiger partial charge in [-0.2, -0.15) is 0 Å². The van der Waals surface area contributed by atoms with E-state index >= 15 is 4.39 Å². The number of carbonyl (C=O) groups excluding carboxylic acids is 4. The monoisotopic (exact) mass is 783 g/mol. The quantitative estimate of drug-likeness (QED) is 0.266. The van der Waals surface area contributed by atoms with E-state index in [2.05, 4.69) is 10.3 Å². The Bertz CT molecular complexity index is 1800. The Labute approximate surface area is 328 Å². The van der Waals surface area contributed by atoms with Crippen LogP contribution in [0.25, 0.3) is 17.0 Å². The molecule has 13 atom stereocenters. The average Bonchev–Trinajstić information content (AvgIpc) is 3.47. The van der Waals surface area contributed by atoms with E-state index in [1.165, 1.54) is 13.8 Å². The minimum atomic E-state index is -3.19. The van der Waals surface area contributed by atoms with E-state index in [0.717, 1.165) is 23.4 Å². The molecule has 4 heterocycles. The number of hydrogen-bond donors (Lipinski definition) is 2. The molecule has 1 amide bonds. The van der Waals surface area contributed by atoms with Crippen molar-refractivity contribution < 1.29 is 52.4 Å². The number of alkyl carbamates (subject to hydrolysis) is 1. The molecular weight excluding hydrogens is 725 g/mol. The van der Waals surface area contributed by atoms with Gasteiger partial charge in [-0.1, -0.05) is 52.0 Å². The maximum atomic E-state index is 16.9. The first-order valence-electron chi connectivity index (χ1n) is 19.5. The zero-order chi connectivity index (χ0) is 41.3. The van der Waals surface area contributed by atoms with Crippen molar-refractivity contribution >= 4 is 40.6 Å². The first-order chi connectivity index (χ1) is 26.2. The van der Waals surface area contributed by atoms with Crippen molar-refractivity contribution in [3.05, 3.63) is 48.2 Å². The third-order valence-corrected chi connectivity index (χ3v) is 11.9. The molecule has 0 radical (unpaired) electrons. The molecule has 3 aliphatic heterocycles. The lowest BCUT2D eigenvalue weighted by atomic mass is 9.73. The van der Waals surface area contributed by atoms with Gasteiger partial charge >= 0.3 is 12.1 Å². The second kappa shape index (κ2) is 17.0. The second-order valence-electron chi connectivity index (χ2n) is 16.6. The Hall–Kier alpha value is -3.82. The van der Waals surface area contributed by atoms with Crippen LogP contribution in [0.4, 0.5) is 9.18 Å². The number of rotatable bonds is 8. The van der Waals surface area contributed by atoms with Crippen molar-refractivity contribution in [2.24, 2.45) is 17.8 Å². The van der Waals surface area contributed by atoms with E-state index in [1.807, 2.05) is 62.3 Å². The summed E-state index contributed by atoms with van der Waals surface area (Å²) in [5, 5.41) is 15.2. The van der Waals surface area contributed by atoms with Gasteiger partial charge in [-0.05, 0) is 84.8 Å². The highest BCUT2D eigenvalue weighted by molar-refractivity contribution is 6.08. The van der Waals surface area contributed by atoms with Gasteiger partial charge in [0, 0.05) is 35.4 Å². The highest BCUT2D eigenvalue weighted by atomic mass is 19.1. The molecule has 0 spiro atoms. The Morgan fingerprint density at radius 3 is 2.46 bits per heavy atom. The van der Waals surface area contributed by atoms with Gasteiger partial charge in [0.1, 0.15) is 18.0 Å². The Morgan fingerprint density at radius 2 is 1.79 bits per heavy atom.